The van der Waals surface area contributed by atoms with Crippen LogP contribution in [0.1, 0.15) is 22.7 Å². The largest absolute Gasteiger partial charge is 0.394 e. The molecule has 0 radical (unpaired) electrons. The summed E-state index contributed by atoms with van der Waals surface area (Å²) in [5.41, 5.74) is 2.81. The highest BCUT2D eigenvalue weighted by Crippen LogP contribution is 2.23. The highest BCUT2D eigenvalue weighted by molar-refractivity contribution is 5.92. The summed E-state index contributed by atoms with van der Waals surface area (Å²) in [6.45, 7) is 1.56. The molecule has 138 valence electrons. The number of aliphatic hydroxyl groups is 2. The molecule has 3 N–H and O–H groups in total. The first-order chi connectivity index (χ1) is 13.1. The molecule has 0 spiro atoms. The Morgan fingerprint density at radius 2 is 1.74 bits per heavy atom. The third kappa shape index (κ3) is 4.82. The van der Waals surface area contributed by atoms with Gasteiger partial charge in [0.05, 0.1) is 12.6 Å². The Balaban J connectivity index is 1.79. The number of rotatable bonds is 6. The monoisotopic (exact) mass is 361 g/mol. The van der Waals surface area contributed by atoms with Gasteiger partial charge in [-0.25, -0.2) is 0 Å². The van der Waals surface area contributed by atoms with E-state index in [-0.39, 0.29) is 5.91 Å². The minimum absolute atomic E-state index is 0.332. The van der Waals surface area contributed by atoms with Gasteiger partial charge in [-0.1, -0.05) is 66.2 Å². The van der Waals surface area contributed by atoms with Gasteiger partial charge in [-0.3, -0.25) is 4.79 Å². The summed E-state index contributed by atoms with van der Waals surface area (Å²) < 4.78 is 0. The van der Waals surface area contributed by atoms with Crippen LogP contribution in [-0.2, 0) is 4.79 Å². The van der Waals surface area contributed by atoms with Crippen LogP contribution in [0.5, 0.6) is 0 Å². The Kier molecular flexibility index (Phi) is 6.01. The van der Waals surface area contributed by atoms with E-state index in [1.165, 1.54) is 6.08 Å². The summed E-state index contributed by atoms with van der Waals surface area (Å²) in [6, 6.07) is 20.7. The van der Waals surface area contributed by atoms with Crippen molar-refractivity contribution in [1.29, 1.82) is 0 Å². The van der Waals surface area contributed by atoms with Crippen LogP contribution in [0.3, 0.4) is 0 Å². The highest BCUT2D eigenvalue weighted by atomic mass is 16.3. The number of hydrogen-bond acceptors (Lipinski definition) is 3. The molecule has 2 unspecified atom stereocenters. The van der Waals surface area contributed by atoms with E-state index in [2.05, 4.69) is 5.32 Å². The normalized spacial score (nSPS) is 13.6. The van der Waals surface area contributed by atoms with Gasteiger partial charge >= 0.3 is 0 Å². The summed E-state index contributed by atoms with van der Waals surface area (Å²) in [5, 5.41) is 24.5. The van der Waals surface area contributed by atoms with E-state index in [9.17, 15) is 15.0 Å². The highest BCUT2D eigenvalue weighted by Gasteiger charge is 2.22. The summed E-state index contributed by atoms with van der Waals surface area (Å²) in [7, 11) is 0. The first-order valence-corrected chi connectivity index (χ1v) is 8.89. The molecular weight excluding hydrogens is 338 g/mol. The van der Waals surface area contributed by atoms with E-state index < -0.39 is 18.8 Å². The second-order valence-electron chi connectivity index (χ2n) is 6.59. The van der Waals surface area contributed by atoms with Gasteiger partial charge in [-0.15, -0.1) is 0 Å². The second-order valence-corrected chi connectivity index (χ2v) is 6.59. The lowest BCUT2D eigenvalue weighted by atomic mass is 9.98. The number of carbonyl (C=O) groups is 1. The molecule has 0 fully saturated rings. The van der Waals surface area contributed by atoms with Gasteiger partial charge in [-0.05, 0) is 41.0 Å². The fourth-order valence-electron chi connectivity index (χ4n) is 2.96. The van der Waals surface area contributed by atoms with Crippen molar-refractivity contribution in [2.45, 2.75) is 19.1 Å². The van der Waals surface area contributed by atoms with Crippen molar-refractivity contribution in [2.24, 2.45) is 0 Å². The van der Waals surface area contributed by atoms with Gasteiger partial charge in [0.15, 0.2) is 0 Å². The fourth-order valence-corrected chi connectivity index (χ4v) is 2.96. The number of fused-ring (bicyclic) bond motifs is 1. The number of aliphatic hydroxyl groups excluding tert-OH is 2. The number of benzene rings is 3. The Morgan fingerprint density at radius 3 is 2.44 bits per heavy atom. The molecule has 2 atom stereocenters. The Labute approximate surface area is 158 Å². The Morgan fingerprint density at radius 1 is 1.04 bits per heavy atom. The zero-order valence-corrected chi connectivity index (χ0v) is 15.2. The predicted octanol–water partition coefficient (Wildman–Crippen LogP) is 3.37. The lowest BCUT2D eigenvalue weighted by molar-refractivity contribution is -0.118. The smallest absolute Gasteiger partial charge is 0.244 e. The molecule has 1 amide bonds. The van der Waals surface area contributed by atoms with Crippen LogP contribution < -0.4 is 5.32 Å². The maximum atomic E-state index is 12.4. The molecular formula is C23H23NO3. The molecule has 0 aromatic heterocycles. The molecule has 0 aliphatic carbocycles. The minimum Gasteiger partial charge on any atom is -0.394 e. The van der Waals surface area contributed by atoms with Crippen LogP contribution in [0.15, 0.2) is 72.8 Å². The molecule has 3 aromatic carbocycles. The van der Waals surface area contributed by atoms with Crippen LogP contribution in [0.25, 0.3) is 16.8 Å². The maximum absolute atomic E-state index is 12.4. The van der Waals surface area contributed by atoms with Crippen LogP contribution in [-0.4, -0.2) is 28.8 Å². The maximum Gasteiger partial charge on any atom is 0.244 e. The van der Waals surface area contributed by atoms with Crippen molar-refractivity contribution < 1.29 is 15.0 Å². The molecule has 4 nitrogen and oxygen atoms in total. The van der Waals surface area contributed by atoms with Gasteiger partial charge < -0.3 is 15.5 Å². The molecule has 0 aliphatic rings. The van der Waals surface area contributed by atoms with Crippen molar-refractivity contribution in [3.05, 3.63) is 89.5 Å². The Bertz CT molecular complexity index is 947. The number of aryl methyl sites for hydroxylation is 1. The molecule has 0 saturated carbocycles. The van der Waals surface area contributed by atoms with Gasteiger partial charge in [0.2, 0.25) is 5.91 Å². The SMILES string of the molecule is Cc1ccc(/C=C/C(=O)NC(c2ccc3ccccc3c2)C(O)CO)cc1. The van der Waals surface area contributed by atoms with E-state index in [1.807, 2.05) is 73.7 Å². The van der Waals surface area contributed by atoms with Crippen LogP contribution in [0.4, 0.5) is 0 Å². The van der Waals surface area contributed by atoms with Crippen LogP contribution >= 0.6 is 0 Å². The van der Waals surface area contributed by atoms with Crippen molar-refractivity contribution >= 4 is 22.8 Å². The number of nitrogens with one attached hydrogen (secondary N) is 1. The predicted molar refractivity (Wildman–Crippen MR) is 108 cm³/mol. The molecule has 4 heteroatoms. The standard InChI is InChI=1S/C23H23NO3/c1-16-6-8-17(9-7-16)10-13-22(27)24-23(21(26)15-25)20-12-11-18-4-2-3-5-19(18)14-20/h2-14,21,23,25-26H,15H2,1H3,(H,24,27)/b13-10+. The van der Waals surface area contributed by atoms with Crippen molar-refractivity contribution in [3.63, 3.8) is 0 Å². The number of hydrogen-bond donors (Lipinski definition) is 3. The van der Waals surface area contributed by atoms with Gasteiger partial charge in [0, 0.05) is 6.08 Å². The van der Waals surface area contributed by atoms with E-state index >= 15 is 0 Å². The molecule has 0 saturated heterocycles. The van der Waals surface area contributed by atoms with E-state index in [0.717, 1.165) is 27.5 Å². The zero-order valence-electron chi connectivity index (χ0n) is 15.2. The zero-order chi connectivity index (χ0) is 19.2. The quantitative estimate of drug-likeness (QED) is 0.590. The third-order valence-corrected chi connectivity index (χ3v) is 4.51. The minimum atomic E-state index is -1.09. The summed E-state index contributed by atoms with van der Waals surface area (Å²) in [4.78, 5) is 12.4. The third-order valence-electron chi connectivity index (χ3n) is 4.51. The molecule has 0 aliphatic heterocycles. The average molecular weight is 361 g/mol. The molecule has 3 aromatic rings. The molecule has 0 heterocycles. The Hall–Kier alpha value is -2.95. The van der Waals surface area contributed by atoms with E-state index in [0.29, 0.717) is 0 Å². The molecule has 3 rings (SSSR count). The van der Waals surface area contributed by atoms with Crippen LogP contribution in [0.2, 0.25) is 0 Å². The van der Waals surface area contributed by atoms with Gasteiger partial charge in [-0.2, -0.15) is 0 Å². The number of amides is 1. The second kappa shape index (κ2) is 8.62. The van der Waals surface area contributed by atoms with Gasteiger partial charge in [0.1, 0.15) is 6.10 Å². The first-order valence-electron chi connectivity index (χ1n) is 8.89. The van der Waals surface area contributed by atoms with Crippen molar-refractivity contribution in [2.75, 3.05) is 6.61 Å². The van der Waals surface area contributed by atoms with Gasteiger partial charge in [0.25, 0.3) is 0 Å². The summed E-state index contributed by atoms with van der Waals surface area (Å²) >= 11 is 0. The average Bonchev–Trinajstić information content (AvgIpc) is 2.70. The fraction of sp³-hybridized carbons (Fsp3) is 0.174. The number of carbonyl (C=O) groups excluding carboxylic acids is 1. The molecule has 0 bridgehead atoms. The van der Waals surface area contributed by atoms with Crippen molar-refractivity contribution in [1.82, 2.24) is 5.32 Å². The van der Waals surface area contributed by atoms with Crippen LogP contribution in [0, 0.1) is 6.92 Å². The lowest BCUT2D eigenvalue weighted by Crippen LogP contribution is -2.37. The lowest BCUT2D eigenvalue weighted by Gasteiger charge is -2.23. The van der Waals surface area contributed by atoms with E-state index in [1.54, 1.807) is 6.08 Å². The first kappa shape index (κ1) is 18.8. The van der Waals surface area contributed by atoms with Crippen molar-refractivity contribution in [3.8, 4) is 0 Å². The summed E-state index contributed by atoms with van der Waals surface area (Å²) in [6.07, 6.45) is 2.06. The summed E-state index contributed by atoms with van der Waals surface area (Å²) in [5.74, 6) is -0.332. The van der Waals surface area contributed by atoms with E-state index in [4.69, 9.17) is 0 Å². The topological polar surface area (TPSA) is 69.6 Å². The molecule has 27 heavy (non-hydrogen) atoms.